The van der Waals surface area contributed by atoms with Gasteiger partial charge in [-0.05, 0) is 45.4 Å². The molecule has 0 aromatic carbocycles. The van der Waals surface area contributed by atoms with Crippen LogP contribution in [0.2, 0.25) is 0 Å². The molecule has 4 atom stereocenters. The predicted octanol–water partition coefficient (Wildman–Crippen LogP) is 1.73. The molecule has 2 saturated carbocycles. The number of hydrogen-bond donors (Lipinski definition) is 0. The van der Waals surface area contributed by atoms with Crippen molar-refractivity contribution < 1.29 is 14.3 Å². The van der Waals surface area contributed by atoms with Gasteiger partial charge in [-0.25, -0.2) is 0 Å². The third-order valence-electron chi connectivity index (χ3n) is 7.22. The molecule has 0 radical (unpaired) electrons. The van der Waals surface area contributed by atoms with Crippen LogP contribution in [0.3, 0.4) is 0 Å². The summed E-state index contributed by atoms with van der Waals surface area (Å²) in [6, 6.07) is 1.68. The van der Waals surface area contributed by atoms with Crippen LogP contribution in [0, 0.1) is 11.8 Å². The van der Waals surface area contributed by atoms with E-state index in [0.29, 0.717) is 49.5 Å². The smallest absolute Gasteiger partial charge is 0.225 e. The van der Waals surface area contributed by atoms with Crippen LogP contribution >= 0.6 is 0 Å². The molecule has 2 amide bonds. The third kappa shape index (κ3) is 3.88. The van der Waals surface area contributed by atoms with Crippen molar-refractivity contribution in [3.05, 3.63) is 0 Å². The summed E-state index contributed by atoms with van der Waals surface area (Å²) in [7, 11) is 3.87. The highest BCUT2D eigenvalue weighted by Crippen LogP contribution is 2.43. The summed E-state index contributed by atoms with van der Waals surface area (Å²) in [5.41, 5.74) is 0. The first kappa shape index (κ1) is 19.2. The molecule has 6 nitrogen and oxygen atoms in total. The molecule has 2 aliphatic carbocycles. The Morgan fingerprint density at radius 3 is 2.07 bits per heavy atom. The lowest BCUT2D eigenvalue weighted by molar-refractivity contribution is -0.133. The van der Waals surface area contributed by atoms with Crippen molar-refractivity contribution in [2.45, 2.75) is 82.6 Å². The van der Waals surface area contributed by atoms with Crippen LogP contribution in [-0.4, -0.2) is 84.0 Å². The Hall–Kier alpha value is -1.14. The molecule has 2 heterocycles. The lowest BCUT2D eigenvalue weighted by Gasteiger charge is -2.26. The Kier molecular flexibility index (Phi) is 5.23. The van der Waals surface area contributed by atoms with Gasteiger partial charge in [0, 0.05) is 57.1 Å². The number of nitrogens with zero attached hydrogens (tertiary/aromatic N) is 3. The van der Waals surface area contributed by atoms with Gasteiger partial charge in [0.1, 0.15) is 0 Å². The maximum atomic E-state index is 12.8. The molecular weight excluding hydrogens is 342 g/mol. The van der Waals surface area contributed by atoms with Gasteiger partial charge in [0.05, 0.1) is 19.1 Å². The molecule has 6 heteroatoms. The number of hydrogen-bond acceptors (Lipinski definition) is 4. The minimum absolute atomic E-state index is 0.0449. The highest BCUT2D eigenvalue weighted by molar-refractivity contribution is 5.78. The summed E-state index contributed by atoms with van der Waals surface area (Å²) in [5, 5.41) is 0. The zero-order valence-electron chi connectivity index (χ0n) is 17.3. The first-order chi connectivity index (χ1) is 12.9. The van der Waals surface area contributed by atoms with Crippen LogP contribution in [0.25, 0.3) is 0 Å². The maximum Gasteiger partial charge on any atom is 0.225 e. The van der Waals surface area contributed by atoms with Gasteiger partial charge in [-0.1, -0.05) is 0 Å². The molecule has 0 unspecified atom stereocenters. The van der Waals surface area contributed by atoms with Gasteiger partial charge in [0.2, 0.25) is 11.8 Å². The van der Waals surface area contributed by atoms with E-state index in [1.807, 2.05) is 23.9 Å². The summed E-state index contributed by atoms with van der Waals surface area (Å²) >= 11 is 0. The molecule has 0 bridgehead atoms. The number of rotatable bonds is 7. The van der Waals surface area contributed by atoms with Crippen molar-refractivity contribution in [3.8, 4) is 0 Å². The largest absolute Gasteiger partial charge is 0.376 e. The van der Waals surface area contributed by atoms with E-state index in [1.165, 1.54) is 0 Å². The maximum absolute atomic E-state index is 12.8. The second kappa shape index (κ2) is 7.36. The number of carbonyl (C=O) groups is 2. The molecular formula is C21H35N3O3. The van der Waals surface area contributed by atoms with E-state index in [0.717, 1.165) is 32.2 Å². The first-order valence-electron chi connectivity index (χ1n) is 10.8. The van der Waals surface area contributed by atoms with Gasteiger partial charge >= 0.3 is 0 Å². The van der Waals surface area contributed by atoms with Crippen molar-refractivity contribution in [2.75, 3.05) is 27.2 Å². The Morgan fingerprint density at radius 2 is 1.56 bits per heavy atom. The van der Waals surface area contributed by atoms with E-state index >= 15 is 0 Å². The number of fused-ring (bicyclic) bond motifs is 1. The molecule has 2 saturated heterocycles. The van der Waals surface area contributed by atoms with Crippen molar-refractivity contribution in [1.82, 2.24) is 14.7 Å². The quantitative estimate of drug-likeness (QED) is 0.678. The van der Waals surface area contributed by atoms with Crippen molar-refractivity contribution in [3.63, 3.8) is 0 Å². The second-order valence-electron chi connectivity index (χ2n) is 9.45. The third-order valence-corrected chi connectivity index (χ3v) is 7.22. The Bertz CT molecular complexity index is 587. The highest BCUT2D eigenvalue weighted by atomic mass is 16.5. The van der Waals surface area contributed by atoms with Gasteiger partial charge in [-0.3, -0.25) is 14.5 Å². The Morgan fingerprint density at radius 1 is 1.00 bits per heavy atom. The normalized spacial score (nSPS) is 33.4. The fraction of sp³-hybridized carbons (Fsp3) is 0.905. The van der Waals surface area contributed by atoms with Crippen LogP contribution in [0.1, 0.15) is 52.4 Å². The Balaban J connectivity index is 1.44. The molecule has 27 heavy (non-hydrogen) atoms. The van der Waals surface area contributed by atoms with E-state index in [4.69, 9.17) is 4.74 Å². The highest BCUT2D eigenvalue weighted by Gasteiger charge is 2.52. The lowest BCUT2D eigenvalue weighted by Crippen LogP contribution is -2.39. The lowest BCUT2D eigenvalue weighted by atomic mass is 9.84. The molecule has 0 N–H and O–H groups in total. The SMILES string of the molecule is CC(C)N1C[C@@H](CC(=O)N(C)C2CC2)[C@H]2[C@H](CC(=O)N(C)C3CC3)OC[C@H]21. The summed E-state index contributed by atoms with van der Waals surface area (Å²) in [6.07, 6.45) is 5.55. The van der Waals surface area contributed by atoms with Gasteiger partial charge in [-0.2, -0.15) is 0 Å². The number of ether oxygens (including phenoxy) is 1. The molecule has 0 aromatic heterocycles. The molecule has 0 aromatic rings. The van der Waals surface area contributed by atoms with Gasteiger partial charge < -0.3 is 14.5 Å². The van der Waals surface area contributed by atoms with Gasteiger partial charge in [0.25, 0.3) is 0 Å². The van der Waals surface area contributed by atoms with Gasteiger partial charge in [0.15, 0.2) is 0 Å². The average molecular weight is 378 g/mol. The molecule has 0 spiro atoms. The molecule has 4 aliphatic rings. The van der Waals surface area contributed by atoms with Crippen molar-refractivity contribution in [1.29, 1.82) is 0 Å². The van der Waals surface area contributed by atoms with Crippen LogP contribution in [-0.2, 0) is 14.3 Å². The van der Waals surface area contributed by atoms with Crippen LogP contribution < -0.4 is 0 Å². The summed E-state index contributed by atoms with van der Waals surface area (Å²) in [4.78, 5) is 31.8. The zero-order valence-corrected chi connectivity index (χ0v) is 17.3. The summed E-state index contributed by atoms with van der Waals surface area (Å²) in [6.45, 7) is 6.08. The summed E-state index contributed by atoms with van der Waals surface area (Å²) in [5.74, 6) is 1.04. The second-order valence-corrected chi connectivity index (χ2v) is 9.45. The minimum atomic E-state index is -0.0449. The monoisotopic (exact) mass is 377 g/mol. The number of carbonyl (C=O) groups excluding carboxylic acids is 2. The molecule has 4 rings (SSSR count). The fourth-order valence-electron chi connectivity index (χ4n) is 5.16. The minimum Gasteiger partial charge on any atom is -0.376 e. The van der Waals surface area contributed by atoms with Crippen molar-refractivity contribution in [2.24, 2.45) is 11.8 Å². The van der Waals surface area contributed by atoms with Gasteiger partial charge in [-0.15, -0.1) is 0 Å². The Labute approximate surface area is 163 Å². The van der Waals surface area contributed by atoms with E-state index in [1.54, 1.807) is 0 Å². The standard InChI is InChI=1S/C21H35N3O3/c1-13(2)24-11-14(9-19(25)22(3)15-5-6-15)21-17(24)12-27-18(21)10-20(26)23(4)16-7-8-16/h13-18,21H,5-12H2,1-4H3/t14-,17-,18+,21-/m1/s1. The fourth-order valence-corrected chi connectivity index (χ4v) is 5.16. The molecule has 4 fully saturated rings. The summed E-state index contributed by atoms with van der Waals surface area (Å²) < 4.78 is 6.14. The van der Waals surface area contributed by atoms with Crippen LogP contribution in [0.5, 0.6) is 0 Å². The molecule has 2 aliphatic heterocycles. The topological polar surface area (TPSA) is 53.1 Å². The predicted molar refractivity (Wildman–Crippen MR) is 103 cm³/mol. The zero-order chi connectivity index (χ0) is 19.3. The first-order valence-corrected chi connectivity index (χ1v) is 10.8. The number of amides is 2. The average Bonchev–Trinajstić information content (AvgIpc) is 3.54. The van der Waals surface area contributed by atoms with E-state index in [2.05, 4.69) is 18.7 Å². The van der Waals surface area contributed by atoms with Crippen LogP contribution in [0.15, 0.2) is 0 Å². The van der Waals surface area contributed by atoms with E-state index < -0.39 is 0 Å². The van der Waals surface area contributed by atoms with E-state index in [-0.39, 0.29) is 23.8 Å². The van der Waals surface area contributed by atoms with E-state index in [9.17, 15) is 9.59 Å². The van der Waals surface area contributed by atoms with Crippen LogP contribution in [0.4, 0.5) is 0 Å². The molecule has 152 valence electrons. The number of likely N-dealkylation sites (tertiary alicyclic amines) is 1. The van der Waals surface area contributed by atoms with Crippen molar-refractivity contribution >= 4 is 11.8 Å².